The number of aromatic amines is 1. The average molecular weight is 377 g/mol. The van der Waals surface area contributed by atoms with Gasteiger partial charge in [0.25, 0.3) is 5.56 Å². The highest BCUT2D eigenvalue weighted by molar-refractivity contribution is 14.1. The number of halogens is 2. The molecular weight excluding hydrogens is 367 g/mol. The Labute approximate surface area is 122 Å². The summed E-state index contributed by atoms with van der Waals surface area (Å²) in [4.78, 5) is 25.2. The molecule has 0 saturated carbocycles. The van der Waals surface area contributed by atoms with Crippen LogP contribution in [0.4, 0.5) is 0 Å². The van der Waals surface area contributed by atoms with Gasteiger partial charge in [0.05, 0.1) is 10.1 Å². The zero-order valence-electron chi connectivity index (χ0n) is 9.32. The van der Waals surface area contributed by atoms with Gasteiger partial charge in [-0.1, -0.05) is 24.3 Å². The lowest BCUT2D eigenvalue weighted by molar-refractivity contribution is 0.712. The quantitative estimate of drug-likeness (QED) is 0.657. The van der Waals surface area contributed by atoms with Gasteiger partial charge in [0.1, 0.15) is 0 Å². The molecule has 0 radical (unpaired) electrons. The molecule has 1 aromatic heterocycles. The van der Waals surface area contributed by atoms with Crippen LogP contribution < -0.4 is 11.2 Å². The monoisotopic (exact) mass is 376 g/mol. The minimum atomic E-state index is -0.412. The van der Waals surface area contributed by atoms with E-state index in [4.69, 9.17) is 11.6 Å². The van der Waals surface area contributed by atoms with Crippen molar-refractivity contribution >= 4 is 34.2 Å². The largest absolute Gasteiger partial charge is 0.328 e. The lowest BCUT2D eigenvalue weighted by Crippen LogP contribution is -2.31. The lowest BCUT2D eigenvalue weighted by atomic mass is 10.1. The summed E-state index contributed by atoms with van der Waals surface area (Å²) < 4.78 is 1.95. The third-order valence-electron chi connectivity index (χ3n) is 2.57. The van der Waals surface area contributed by atoms with Crippen molar-refractivity contribution in [1.29, 1.82) is 0 Å². The summed E-state index contributed by atoms with van der Waals surface area (Å²) in [6, 6.07) is 7.64. The molecule has 18 heavy (non-hydrogen) atoms. The van der Waals surface area contributed by atoms with Crippen molar-refractivity contribution in [2.24, 2.45) is 0 Å². The maximum atomic E-state index is 11.7. The standard InChI is InChI=1S/C12H10ClIN2O2/c13-5-8-3-1-2-4-9(8)6-16-7-10(14)11(17)15-12(16)18/h1-4,7H,5-6H2,(H,15,17,18). The van der Waals surface area contributed by atoms with E-state index in [0.29, 0.717) is 16.0 Å². The van der Waals surface area contributed by atoms with E-state index in [-0.39, 0.29) is 5.56 Å². The van der Waals surface area contributed by atoms with Crippen LogP contribution in [0.25, 0.3) is 0 Å². The fraction of sp³-hybridized carbons (Fsp3) is 0.167. The van der Waals surface area contributed by atoms with Gasteiger partial charge in [-0.15, -0.1) is 11.6 Å². The minimum Gasteiger partial charge on any atom is -0.295 e. The second kappa shape index (κ2) is 5.71. The van der Waals surface area contributed by atoms with Gasteiger partial charge < -0.3 is 0 Å². The Morgan fingerprint density at radius 1 is 1.22 bits per heavy atom. The van der Waals surface area contributed by atoms with Crippen LogP contribution in [0.15, 0.2) is 40.1 Å². The molecule has 1 N–H and O–H groups in total. The summed E-state index contributed by atoms with van der Waals surface area (Å²) in [6.45, 7) is 0.397. The van der Waals surface area contributed by atoms with Gasteiger partial charge in [0.2, 0.25) is 0 Å². The molecule has 94 valence electrons. The number of benzene rings is 1. The zero-order chi connectivity index (χ0) is 13.1. The number of aromatic nitrogens is 2. The third-order valence-corrected chi connectivity index (χ3v) is 3.63. The van der Waals surface area contributed by atoms with Gasteiger partial charge in [-0.05, 0) is 33.7 Å². The molecule has 0 saturated heterocycles. The Kier molecular flexibility index (Phi) is 4.23. The summed E-state index contributed by atoms with van der Waals surface area (Å²) in [5, 5.41) is 0. The maximum Gasteiger partial charge on any atom is 0.328 e. The summed E-state index contributed by atoms with van der Waals surface area (Å²) in [7, 11) is 0. The van der Waals surface area contributed by atoms with Crippen LogP contribution >= 0.6 is 34.2 Å². The molecule has 1 aromatic carbocycles. The van der Waals surface area contributed by atoms with E-state index in [9.17, 15) is 9.59 Å². The van der Waals surface area contributed by atoms with Crippen LogP contribution in [-0.4, -0.2) is 9.55 Å². The molecule has 0 fully saturated rings. The second-order valence-corrected chi connectivity index (χ2v) is 5.20. The predicted octanol–water partition coefficient (Wildman–Crippen LogP) is 1.93. The van der Waals surface area contributed by atoms with Crippen molar-refractivity contribution in [3.8, 4) is 0 Å². The van der Waals surface area contributed by atoms with Crippen LogP contribution in [0, 0.1) is 3.57 Å². The van der Waals surface area contributed by atoms with Crippen LogP contribution in [0.2, 0.25) is 0 Å². The van der Waals surface area contributed by atoms with Crippen molar-refractivity contribution in [3.05, 3.63) is 66.0 Å². The van der Waals surface area contributed by atoms with Crippen LogP contribution in [0.1, 0.15) is 11.1 Å². The van der Waals surface area contributed by atoms with Crippen molar-refractivity contribution < 1.29 is 0 Å². The number of alkyl halides is 1. The molecule has 6 heteroatoms. The first-order chi connectivity index (χ1) is 8.61. The van der Waals surface area contributed by atoms with Crippen LogP contribution in [0.5, 0.6) is 0 Å². The highest BCUT2D eigenvalue weighted by atomic mass is 127. The van der Waals surface area contributed by atoms with Gasteiger partial charge in [0, 0.05) is 12.1 Å². The van der Waals surface area contributed by atoms with Crippen molar-refractivity contribution in [1.82, 2.24) is 9.55 Å². The molecule has 0 bridgehead atoms. The fourth-order valence-electron chi connectivity index (χ4n) is 1.63. The molecule has 2 aromatic rings. The van der Waals surface area contributed by atoms with Crippen molar-refractivity contribution in [3.63, 3.8) is 0 Å². The second-order valence-electron chi connectivity index (χ2n) is 3.77. The van der Waals surface area contributed by atoms with Gasteiger partial charge in [0.15, 0.2) is 0 Å². The number of hydrogen-bond acceptors (Lipinski definition) is 2. The normalized spacial score (nSPS) is 10.6. The predicted molar refractivity (Wildman–Crippen MR) is 79.1 cm³/mol. The molecule has 0 aliphatic heterocycles. The summed E-state index contributed by atoms with van der Waals surface area (Å²) in [5.74, 6) is 0.394. The number of H-pyrrole nitrogens is 1. The fourth-order valence-corrected chi connectivity index (χ4v) is 2.36. The Morgan fingerprint density at radius 3 is 2.56 bits per heavy atom. The van der Waals surface area contributed by atoms with E-state index in [1.54, 1.807) is 6.20 Å². The molecule has 0 unspecified atom stereocenters. The SMILES string of the molecule is O=c1[nH]c(=O)n(Cc2ccccc2CCl)cc1I. The topological polar surface area (TPSA) is 54.9 Å². The summed E-state index contributed by atoms with van der Waals surface area (Å²) in [6.07, 6.45) is 1.55. The Hall–Kier alpha value is -1.08. The smallest absolute Gasteiger partial charge is 0.295 e. The first-order valence-corrected chi connectivity index (χ1v) is 6.85. The highest BCUT2D eigenvalue weighted by Gasteiger charge is 2.05. The zero-order valence-corrected chi connectivity index (χ0v) is 12.2. The van der Waals surface area contributed by atoms with Crippen LogP contribution in [0.3, 0.4) is 0 Å². The Bertz CT molecular complexity index is 678. The Morgan fingerprint density at radius 2 is 1.89 bits per heavy atom. The minimum absolute atomic E-state index is 0.359. The van der Waals surface area contributed by atoms with Crippen molar-refractivity contribution in [2.45, 2.75) is 12.4 Å². The van der Waals surface area contributed by atoms with Gasteiger partial charge in [-0.25, -0.2) is 4.79 Å². The van der Waals surface area contributed by atoms with Crippen molar-refractivity contribution in [2.75, 3.05) is 0 Å². The molecule has 4 nitrogen and oxygen atoms in total. The summed E-state index contributed by atoms with van der Waals surface area (Å²) >= 11 is 7.75. The Balaban J connectivity index is 2.43. The number of nitrogens with zero attached hydrogens (tertiary/aromatic N) is 1. The number of hydrogen-bond donors (Lipinski definition) is 1. The van der Waals surface area contributed by atoms with E-state index in [1.165, 1.54) is 4.57 Å². The van der Waals surface area contributed by atoms with E-state index >= 15 is 0 Å². The van der Waals surface area contributed by atoms with E-state index in [2.05, 4.69) is 4.98 Å². The molecule has 0 aliphatic rings. The van der Waals surface area contributed by atoms with Gasteiger partial charge >= 0.3 is 5.69 Å². The van der Waals surface area contributed by atoms with E-state index < -0.39 is 5.69 Å². The maximum absolute atomic E-state index is 11.7. The number of rotatable bonds is 3. The molecular formula is C12H10ClIN2O2. The molecule has 0 spiro atoms. The molecule has 2 rings (SSSR count). The first kappa shape index (κ1) is 13.4. The molecule has 1 heterocycles. The summed E-state index contributed by atoms with van der Waals surface area (Å²) in [5.41, 5.74) is 1.18. The third kappa shape index (κ3) is 2.84. The number of nitrogens with one attached hydrogen (secondary N) is 1. The molecule has 0 amide bonds. The van der Waals surface area contributed by atoms with Gasteiger partial charge in [-0.3, -0.25) is 14.3 Å². The van der Waals surface area contributed by atoms with Gasteiger partial charge in [-0.2, -0.15) is 0 Å². The molecule has 0 atom stereocenters. The van der Waals surface area contributed by atoms with E-state index in [0.717, 1.165) is 11.1 Å². The average Bonchev–Trinajstić information content (AvgIpc) is 2.36. The lowest BCUT2D eigenvalue weighted by Gasteiger charge is -2.09. The molecule has 0 aliphatic carbocycles. The van der Waals surface area contributed by atoms with Crippen LogP contribution in [-0.2, 0) is 12.4 Å². The highest BCUT2D eigenvalue weighted by Crippen LogP contribution is 2.12. The van der Waals surface area contributed by atoms with E-state index in [1.807, 2.05) is 46.9 Å². The first-order valence-electron chi connectivity index (χ1n) is 5.24.